The molecule has 1 atom stereocenters. The third-order valence-corrected chi connectivity index (χ3v) is 4.95. The summed E-state index contributed by atoms with van der Waals surface area (Å²) >= 11 is 5.93. The van der Waals surface area contributed by atoms with Gasteiger partial charge >= 0.3 is 0 Å². The lowest BCUT2D eigenvalue weighted by atomic mass is 10.1. The molecule has 1 aliphatic heterocycles. The minimum absolute atomic E-state index is 0.0454. The summed E-state index contributed by atoms with van der Waals surface area (Å²) in [6.45, 7) is 0.527. The molecular weight excluding hydrogens is 364 g/mol. The van der Waals surface area contributed by atoms with Crippen LogP contribution in [0.4, 0.5) is 11.4 Å². The zero-order valence-electron chi connectivity index (χ0n) is 15.1. The number of hydrogen-bond acceptors (Lipinski definition) is 5. The van der Waals surface area contributed by atoms with E-state index in [1.54, 1.807) is 17.0 Å². The number of rotatable bonds is 4. The number of halogens is 1. The van der Waals surface area contributed by atoms with Crippen LogP contribution >= 0.6 is 11.6 Å². The Bertz CT molecular complexity index is 951. The Labute approximate surface area is 162 Å². The number of hydrogen-bond donors (Lipinski definition) is 0. The van der Waals surface area contributed by atoms with E-state index >= 15 is 0 Å². The van der Waals surface area contributed by atoms with Crippen LogP contribution in [0.5, 0.6) is 0 Å². The molecule has 6 nitrogen and oxygen atoms in total. The fraction of sp³-hybridized carbons (Fsp3) is 0.250. The number of benzene rings is 2. The van der Waals surface area contributed by atoms with E-state index in [1.165, 1.54) is 0 Å². The molecule has 1 aliphatic rings. The number of carbonyl (C=O) groups is 1. The van der Waals surface area contributed by atoms with Crippen molar-refractivity contribution in [1.29, 1.82) is 0 Å². The van der Waals surface area contributed by atoms with E-state index in [0.29, 0.717) is 29.7 Å². The quantitative estimate of drug-likeness (QED) is 0.683. The van der Waals surface area contributed by atoms with Crippen LogP contribution in [0.1, 0.15) is 18.2 Å². The van der Waals surface area contributed by atoms with Gasteiger partial charge in [0.1, 0.15) is 0 Å². The van der Waals surface area contributed by atoms with Crippen molar-refractivity contribution >= 4 is 28.9 Å². The van der Waals surface area contributed by atoms with Gasteiger partial charge in [-0.25, -0.2) is 0 Å². The molecule has 138 valence electrons. The minimum atomic E-state index is -0.0910. The van der Waals surface area contributed by atoms with Crippen LogP contribution < -0.4 is 9.80 Å². The third kappa shape index (κ3) is 3.53. The summed E-state index contributed by atoms with van der Waals surface area (Å²) in [6.07, 6.45) is 0.362. The van der Waals surface area contributed by atoms with Crippen molar-refractivity contribution < 1.29 is 9.32 Å². The molecule has 0 spiro atoms. The van der Waals surface area contributed by atoms with Gasteiger partial charge in [-0.1, -0.05) is 16.8 Å². The average Bonchev–Trinajstić information content (AvgIpc) is 3.29. The first-order chi connectivity index (χ1) is 13.0. The van der Waals surface area contributed by atoms with Crippen LogP contribution in [0.25, 0.3) is 11.5 Å². The fourth-order valence-electron chi connectivity index (χ4n) is 3.17. The molecule has 2 heterocycles. The third-order valence-electron chi connectivity index (χ3n) is 4.70. The summed E-state index contributed by atoms with van der Waals surface area (Å²) in [5.74, 6) is 0.981. The first-order valence-corrected chi connectivity index (χ1v) is 9.06. The molecule has 3 aromatic rings. The largest absolute Gasteiger partial charge is 0.378 e. The second kappa shape index (κ2) is 7.04. The molecule has 27 heavy (non-hydrogen) atoms. The lowest BCUT2D eigenvalue weighted by Crippen LogP contribution is -2.24. The number of nitrogens with zero attached hydrogens (tertiary/aromatic N) is 4. The molecule has 0 bridgehead atoms. The van der Waals surface area contributed by atoms with Crippen LogP contribution in [0.3, 0.4) is 0 Å². The van der Waals surface area contributed by atoms with Crippen LogP contribution in [-0.4, -0.2) is 36.7 Å². The molecule has 0 unspecified atom stereocenters. The molecule has 4 rings (SSSR count). The molecule has 1 amide bonds. The summed E-state index contributed by atoms with van der Waals surface area (Å²) in [4.78, 5) is 20.7. The first kappa shape index (κ1) is 17.5. The Balaban J connectivity index is 1.52. The van der Waals surface area contributed by atoms with E-state index in [4.69, 9.17) is 16.1 Å². The lowest BCUT2D eigenvalue weighted by molar-refractivity contribution is -0.117. The van der Waals surface area contributed by atoms with Crippen LogP contribution in [-0.2, 0) is 4.79 Å². The van der Waals surface area contributed by atoms with E-state index in [9.17, 15) is 4.79 Å². The number of anilines is 2. The maximum Gasteiger partial charge on any atom is 0.257 e. The highest BCUT2D eigenvalue weighted by molar-refractivity contribution is 6.30. The van der Waals surface area contributed by atoms with Crippen molar-refractivity contribution in [2.45, 2.75) is 12.3 Å². The summed E-state index contributed by atoms with van der Waals surface area (Å²) in [5, 5.41) is 4.76. The lowest BCUT2D eigenvalue weighted by Gasteiger charge is -2.16. The van der Waals surface area contributed by atoms with Gasteiger partial charge in [0.15, 0.2) is 5.82 Å². The number of amides is 1. The predicted octanol–water partition coefficient (Wildman–Crippen LogP) is 3.98. The van der Waals surface area contributed by atoms with Crippen molar-refractivity contribution in [3.05, 3.63) is 59.4 Å². The normalized spacial score (nSPS) is 16.8. The molecular formula is C20H19ClN4O2. The number of carbonyl (C=O) groups excluding carboxylic acids is 1. The molecule has 0 saturated carbocycles. The van der Waals surface area contributed by atoms with Gasteiger partial charge in [-0.05, 0) is 48.5 Å². The highest BCUT2D eigenvalue weighted by atomic mass is 35.5. The topological polar surface area (TPSA) is 62.5 Å². The predicted molar refractivity (Wildman–Crippen MR) is 105 cm³/mol. The van der Waals surface area contributed by atoms with Crippen LogP contribution in [0.2, 0.25) is 5.02 Å². The van der Waals surface area contributed by atoms with E-state index in [0.717, 1.165) is 16.9 Å². The summed E-state index contributed by atoms with van der Waals surface area (Å²) in [5.41, 5.74) is 2.78. The summed E-state index contributed by atoms with van der Waals surface area (Å²) in [6, 6.07) is 15.1. The van der Waals surface area contributed by atoms with Crippen LogP contribution in [0.15, 0.2) is 53.1 Å². The number of aromatic nitrogens is 2. The fourth-order valence-corrected chi connectivity index (χ4v) is 3.30. The molecule has 0 N–H and O–H groups in total. The summed E-state index contributed by atoms with van der Waals surface area (Å²) < 4.78 is 5.43. The molecule has 1 aromatic heterocycles. The van der Waals surface area contributed by atoms with Gasteiger partial charge in [-0.2, -0.15) is 4.98 Å². The van der Waals surface area contributed by atoms with Crippen molar-refractivity contribution in [3.63, 3.8) is 0 Å². The van der Waals surface area contributed by atoms with Gasteiger partial charge in [0.05, 0.1) is 0 Å². The Morgan fingerprint density at radius 3 is 2.48 bits per heavy atom. The van der Waals surface area contributed by atoms with Crippen molar-refractivity contribution in [2.24, 2.45) is 0 Å². The zero-order valence-corrected chi connectivity index (χ0v) is 15.8. The van der Waals surface area contributed by atoms with E-state index in [2.05, 4.69) is 10.1 Å². The zero-order chi connectivity index (χ0) is 19.0. The Morgan fingerprint density at radius 2 is 1.81 bits per heavy atom. The summed E-state index contributed by atoms with van der Waals surface area (Å²) in [7, 11) is 3.98. The molecule has 2 aromatic carbocycles. The molecule has 1 fully saturated rings. The second-order valence-electron chi connectivity index (χ2n) is 6.78. The van der Waals surface area contributed by atoms with Gasteiger partial charge in [0, 0.05) is 54.9 Å². The average molecular weight is 383 g/mol. The standard InChI is InChI=1S/C20H19ClN4O2/c1-24(2)16-7-3-13(4-8-16)20-22-19(23-27-20)14-11-18(26)25(12-14)17-9-5-15(21)6-10-17/h3-10,14H,11-12H2,1-2H3/t14-/m1/s1. The van der Waals surface area contributed by atoms with Gasteiger partial charge in [0.2, 0.25) is 5.91 Å². The van der Waals surface area contributed by atoms with Gasteiger partial charge in [0.25, 0.3) is 5.89 Å². The Morgan fingerprint density at radius 1 is 1.11 bits per heavy atom. The Hall–Kier alpha value is -2.86. The van der Waals surface area contributed by atoms with Crippen molar-refractivity contribution in [1.82, 2.24) is 10.1 Å². The molecule has 0 radical (unpaired) electrons. The van der Waals surface area contributed by atoms with Crippen molar-refractivity contribution in [3.8, 4) is 11.5 Å². The highest BCUT2D eigenvalue weighted by Gasteiger charge is 2.34. The van der Waals surface area contributed by atoms with Crippen molar-refractivity contribution in [2.75, 3.05) is 30.4 Å². The maximum absolute atomic E-state index is 12.4. The van der Waals surface area contributed by atoms with Gasteiger partial charge in [-0.3, -0.25) is 4.79 Å². The van der Waals surface area contributed by atoms with E-state index in [-0.39, 0.29) is 11.8 Å². The molecule has 0 aliphatic carbocycles. The van der Waals surface area contributed by atoms with E-state index < -0.39 is 0 Å². The van der Waals surface area contributed by atoms with Crippen LogP contribution in [0, 0.1) is 0 Å². The van der Waals surface area contributed by atoms with Gasteiger partial charge < -0.3 is 14.3 Å². The smallest absolute Gasteiger partial charge is 0.257 e. The highest BCUT2D eigenvalue weighted by Crippen LogP contribution is 2.32. The first-order valence-electron chi connectivity index (χ1n) is 8.68. The Kier molecular flexibility index (Phi) is 4.58. The molecule has 7 heteroatoms. The monoisotopic (exact) mass is 382 g/mol. The van der Waals surface area contributed by atoms with Gasteiger partial charge in [-0.15, -0.1) is 0 Å². The molecule has 1 saturated heterocycles. The second-order valence-corrected chi connectivity index (χ2v) is 7.22. The maximum atomic E-state index is 12.4. The van der Waals surface area contributed by atoms with E-state index in [1.807, 2.05) is 55.4 Å². The minimum Gasteiger partial charge on any atom is -0.378 e. The SMILES string of the molecule is CN(C)c1ccc(-c2nc([C@@H]3CC(=O)N(c4ccc(Cl)cc4)C3)no2)cc1.